The molecule has 0 saturated heterocycles. The highest BCUT2D eigenvalue weighted by Crippen LogP contribution is 2.13. The Morgan fingerprint density at radius 2 is 2.00 bits per heavy atom. The van der Waals surface area contributed by atoms with E-state index in [1.807, 2.05) is 47.3 Å². The van der Waals surface area contributed by atoms with E-state index in [2.05, 4.69) is 0 Å². The summed E-state index contributed by atoms with van der Waals surface area (Å²) in [7, 11) is 1.39. The van der Waals surface area contributed by atoms with Gasteiger partial charge in [0.05, 0.1) is 20.1 Å². The van der Waals surface area contributed by atoms with Crippen LogP contribution in [-0.4, -0.2) is 22.8 Å². The molecule has 100 valence electrons. The molecule has 4 nitrogen and oxygen atoms in total. The molecule has 0 fully saturated rings. The van der Waals surface area contributed by atoms with Gasteiger partial charge < -0.3 is 14.4 Å². The summed E-state index contributed by atoms with van der Waals surface area (Å²) in [6.45, 7) is 0.712. The molecule has 0 atom stereocenters. The minimum absolute atomic E-state index is 0.0385. The Hall–Kier alpha value is -2.07. The van der Waals surface area contributed by atoms with Crippen LogP contribution >= 0.6 is 0 Å². The van der Waals surface area contributed by atoms with Gasteiger partial charge in [-0.05, 0) is 22.8 Å². The number of aromatic nitrogens is 1. The summed E-state index contributed by atoms with van der Waals surface area (Å²) in [5, 5.41) is 9.05. The maximum atomic E-state index is 11.4. The first kappa shape index (κ1) is 13.4. The van der Waals surface area contributed by atoms with Crippen molar-refractivity contribution >= 4 is 5.97 Å². The summed E-state index contributed by atoms with van der Waals surface area (Å²) in [6, 6.07) is 9.67. The van der Waals surface area contributed by atoms with Crippen LogP contribution in [0, 0.1) is 0 Å². The summed E-state index contributed by atoms with van der Waals surface area (Å²) in [4.78, 5) is 11.4. The Balaban J connectivity index is 2.17. The molecule has 0 unspecified atom stereocenters. The lowest BCUT2D eigenvalue weighted by molar-refractivity contribution is -0.139. The third-order valence-corrected chi connectivity index (χ3v) is 3.03. The van der Waals surface area contributed by atoms with Gasteiger partial charge in [0.25, 0.3) is 0 Å². The molecule has 1 N–H and O–H groups in total. The highest BCUT2D eigenvalue weighted by molar-refractivity contribution is 5.72. The van der Waals surface area contributed by atoms with Crippen molar-refractivity contribution in [2.45, 2.75) is 19.6 Å². The number of nitrogens with zero attached hydrogens (tertiary/aromatic N) is 1. The van der Waals surface area contributed by atoms with Gasteiger partial charge >= 0.3 is 5.97 Å². The van der Waals surface area contributed by atoms with E-state index in [9.17, 15) is 4.79 Å². The molecular weight excluding hydrogens is 242 g/mol. The molecule has 0 aliphatic heterocycles. The predicted molar refractivity (Wildman–Crippen MR) is 71.6 cm³/mol. The van der Waals surface area contributed by atoms with Gasteiger partial charge in [-0.3, -0.25) is 4.79 Å². The topological polar surface area (TPSA) is 51.5 Å². The molecule has 0 amide bonds. The van der Waals surface area contributed by atoms with Crippen LogP contribution in [0.1, 0.15) is 16.7 Å². The lowest BCUT2D eigenvalue weighted by Crippen LogP contribution is -2.08. The zero-order valence-electron chi connectivity index (χ0n) is 10.9. The fraction of sp³-hybridized carbons (Fsp3) is 0.267. The molecule has 1 aromatic heterocycles. The minimum Gasteiger partial charge on any atom is -0.469 e. The Kier molecular flexibility index (Phi) is 4.36. The molecule has 4 heteroatoms. The molecule has 0 spiro atoms. The van der Waals surface area contributed by atoms with E-state index >= 15 is 0 Å². The maximum absolute atomic E-state index is 11.4. The molecule has 19 heavy (non-hydrogen) atoms. The first-order valence-corrected chi connectivity index (χ1v) is 6.12. The second kappa shape index (κ2) is 6.20. The van der Waals surface area contributed by atoms with Gasteiger partial charge in [-0.15, -0.1) is 0 Å². The number of benzene rings is 1. The van der Waals surface area contributed by atoms with Crippen LogP contribution in [0.2, 0.25) is 0 Å². The highest BCUT2D eigenvalue weighted by atomic mass is 16.5. The van der Waals surface area contributed by atoms with E-state index in [1.165, 1.54) is 7.11 Å². The molecule has 2 aromatic rings. The third kappa shape index (κ3) is 3.45. The van der Waals surface area contributed by atoms with Gasteiger partial charge in [0.15, 0.2) is 0 Å². The van der Waals surface area contributed by atoms with Crippen molar-refractivity contribution < 1.29 is 14.6 Å². The Bertz CT molecular complexity index is 560. The number of rotatable bonds is 5. The van der Waals surface area contributed by atoms with Crippen LogP contribution in [0.5, 0.6) is 0 Å². The van der Waals surface area contributed by atoms with Crippen LogP contribution in [0.3, 0.4) is 0 Å². The summed E-state index contributed by atoms with van der Waals surface area (Å²) in [5.74, 6) is -0.240. The Morgan fingerprint density at radius 1 is 1.26 bits per heavy atom. The second-order valence-corrected chi connectivity index (χ2v) is 4.37. The van der Waals surface area contributed by atoms with E-state index in [-0.39, 0.29) is 19.0 Å². The van der Waals surface area contributed by atoms with Gasteiger partial charge in [-0.2, -0.15) is 0 Å². The number of aliphatic hydroxyl groups is 1. The first-order chi connectivity index (χ1) is 9.22. The molecule has 0 bridgehead atoms. The molecule has 0 aliphatic carbocycles. The second-order valence-electron chi connectivity index (χ2n) is 4.37. The van der Waals surface area contributed by atoms with E-state index in [0.717, 1.165) is 16.7 Å². The van der Waals surface area contributed by atoms with Gasteiger partial charge in [0, 0.05) is 18.9 Å². The average molecular weight is 259 g/mol. The van der Waals surface area contributed by atoms with Crippen molar-refractivity contribution in [1.29, 1.82) is 0 Å². The van der Waals surface area contributed by atoms with Crippen molar-refractivity contribution in [3.05, 3.63) is 59.4 Å². The Morgan fingerprint density at radius 3 is 2.63 bits per heavy atom. The van der Waals surface area contributed by atoms with Crippen molar-refractivity contribution in [3.8, 4) is 0 Å². The number of hydrogen-bond donors (Lipinski definition) is 1. The number of carbonyl (C=O) groups excluding carboxylic acids is 1. The van der Waals surface area contributed by atoms with Crippen molar-refractivity contribution in [1.82, 2.24) is 4.57 Å². The first-order valence-electron chi connectivity index (χ1n) is 6.12. The molecule has 2 rings (SSSR count). The zero-order valence-corrected chi connectivity index (χ0v) is 10.9. The number of aliphatic hydroxyl groups excluding tert-OH is 1. The van der Waals surface area contributed by atoms with E-state index in [1.54, 1.807) is 0 Å². The van der Waals surface area contributed by atoms with Gasteiger partial charge in [0.2, 0.25) is 0 Å². The maximum Gasteiger partial charge on any atom is 0.309 e. The molecule has 1 heterocycles. The van der Waals surface area contributed by atoms with E-state index in [4.69, 9.17) is 9.84 Å². The SMILES string of the molecule is COC(=O)Cc1ccccc1Cn1ccc(CO)c1. The standard InChI is InChI=1S/C15H17NO3/c1-19-15(18)8-13-4-2-3-5-14(13)10-16-7-6-12(9-16)11-17/h2-7,9,17H,8,10-11H2,1H3. The molecule has 0 saturated carbocycles. The van der Waals surface area contributed by atoms with E-state index in [0.29, 0.717) is 6.54 Å². The highest BCUT2D eigenvalue weighted by Gasteiger charge is 2.08. The summed E-state index contributed by atoms with van der Waals surface area (Å²) >= 11 is 0. The molecule has 1 aromatic carbocycles. The summed E-state index contributed by atoms with van der Waals surface area (Å²) < 4.78 is 6.69. The lowest BCUT2D eigenvalue weighted by atomic mass is 10.0. The van der Waals surface area contributed by atoms with Gasteiger partial charge in [-0.1, -0.05) is 24.3 Å². The van der Waals surface area contributed by atoms with Crippen LogP contribution < -0.4 is 0 Å². The Labute approximate surface area is 112 Å². The normalized spacial score (nSPS) is 10.4. The molecular formula is C15H17NO3. The zero-order chi connectivity index (χ0) is 13.7. The molecule has 0 radical (unpaired) electrons. The number of carbonyl (C=O) groups is 1. The lowest BCUT2D eigenvalue weighted by Gasteiger charge is -2.09. The fourth-order valence-electron chi connectivity index (χ4n) is 1.99. The van der Waals surface area contributed by atoms with Crippen LogP contribution in [0.4, 0.5) is 0 Å². The minimum atomic E-state index is -0.240. The number of esters is 1. The monoisotopic (exact) mass is 259 g/mol. The third-order valence-electron chi connectivity index (χ3n) is 3.03. The fourth-order valence-corrected chi connectivity index (χ4v) is 1.99. The van der Waals surface area contributed by atoms with Gasteiger partial charge in [-0.25, -0.2) is 0 Å². The number of ether oxygens (including phenoxy) is 1. The van der Waals surface area contributed by atoms with E-state index < -0.39 is 0 Å². The number of hydrogen-bond acceptors (Lipinski definition) is 3. The largest absolute Gasteiger partial charge is 0.469 e. The molecule has 0 aliphatic rings. The van der Waals surface area contributed by atoms with Gasteiger partial charge in [0.1, 0.15) is 0 Å². The smallest absolute Gasteiger partial charge is 0.309 e. The van der Waals surface area contributed by atoms with Crippen molar-refractivity contribution in [2.75, 3.05) is 7.11 Å². The average Bonchev–Trinajstić information content (AvgIpc) is 2.88. The number of methoxy groups -OCH3 is 1. The quantitative estimate of drug-likeness (QED) is 0.832. The summed E-state index contributed by atoms with van der Waals surface area (Å²) in [5.41, 5.74) is 2.92. The predicted octanol–water partition coefficient (Wildman–Crippen LogP) is 1.74. The summed E-state index contributed by atoms with van der Waals surface area (Å²) in [6.07, 6.45) is 4.09. The van der Waals surface area contributed by atoms with Crippen molar-refractivity contribution in [3.63, 3.8) is 0 Å². The van der Waals surface area contributed by atoms with Crippen molar-refractivity contribution in [2.24, 2.45) is 0 Å². The van der Waals surface area contributed by atoms with Crippen LogP contribution in [-0.2, 0) is 29.1 Å². The van der Waals surface area contributed by atoms with Crippen LogP contribution in [0.25, 0.3) is 0 Å². The van der Waals surface area contributed by atoms with Crippen LogP contribution in [0.15, 0.2) is 42.7 Å².